The molecular formula is C14H9FN2O. The lowest BCUT2D eigenvalue weighted by atomic mass is 10.1. The molecule has 0 aliphatic rings. The van der Waals surface area contributed by atoms with Crippen LogP contribution in [0, 0.1) is 5.82 Å². The predicted octanol–water partition coefficient (Wildman–Crippen LogP) is 2.93. The maximum absolute atomic E-state index is 13.1. The predicted molar refractivity (Wildman–Crippen MR) is 65.9 cm³/mol. The molecule has 3 rings (SSSR count). The van der Waals surface area contributed by atoms with Gasteiger partial charge in [0.25, 0.3) is 0 Å². The Morgan fingerprint density at radius 1 is 1.22 bits per heavy atom. The van der Waals surface area contributed by atoms with E-state index in [2.05, 4.69) is 9.97 Å². The van der Waals surface area contributed by atoms with Gasteiger partial charge in [-0.05, 0) is 36.4 Å². The summed E-state index contributed by atoms with van der Waals surface area (Å²) in [4.78, 5) is 19.0. The van der Waals surface area contributed by atoms with E-state index in [1.165, 1.54) is 18.3 Å². The third-order valence-corrected chi connectivity index (χ3v) is 2.75. The van der Waals surface area contributed by atoms with E-state index in [0.717, 1.165) is 5.52 Å². The molecule has 0 saturated carbocycles. The van der Waals surface area contributed by atoms with Gasteiger partial charge in [-0.15, -0.1) is 0 Å². The third kappa shape index (κ3) is 1.78. The highest BCUT2D eigenvalue weighted by molar-refractivity contribution is 6.09. The van der Waals surface area contributed by atoms with Crippen molar-refractivity contribution < 1.29 is 9.18 Å². The summed E-state index contributed by atoms with van der Waals surface area (Å²) in [7, 11) is 0. The van der Waals surface area contributed by atoms with Gasteiger partial charge in [-0.3, -0.25) is 9.78 Å². The highest BCUT2D eigenvalue weighted by Gasteiger charge is 2.12. The van der Waals surface area contributed by atoms with Crippen LogP contribution in [0.3, 0.4) is 0 Å². The first kappa shape index (κ1) is 10.7. The van der Waals surface area contributed by atoms with Crippen LogP contribution in [0.2, 0.25) is 0 Å². The molecule has 3 nitrogen and oxygen atoms in total. The van der Waals surface area contributed by atoms with Gasteiger partial charge in [0.1, 0.15) is 5.82 Å². The maximum atomic E-state index is 13.1. The van der Waals surface area contributed by atoms with Gasteiger partial charge in [-0.25, -0.2) is 4.39 Å². The van der Waals surface area contributed by atoms with Gasteiger partial charge in [0.05, 0.1) is 5.69 Å². The molecule has 2 heterocycles. The van der Waals surface area contributed by atoms with Crippen molar-refractivity contribution in [1.82, 2.24) is 9.97 Å². The number of ketones is 1. The topological polar surface area (TPSA) is 45.8 Å². The molecule has 1 aromatic carbocycles. The van der Waals surface area contributed by atoms with Crippen LogP contribution in [0.15, 0.2) is 48.8 Å². The summed E-state index contributed by atoms with van der Waals surface area (Å²) in [5, 5.41) is 0.683. The second kappa shape index (κ2) is 4.07. The van der Waals surface area contributed by atoms with E-state index in [9.17, 15) is 9.18 Å². The molecule has 0 radical (unpaired) electrons. The molecule has 2 aromatic heterocycles. The fraction of sp³-hybridized carbons (Fsp3) is 0. The summed E-state index contributed by atoms with van der Waals surface area (Å²) >= 11 is 0. The standard InChI is InChI=1S/C14H9FN2O/c15-11-3-4-12-10(6-11)7-13(17-12)14(18)9-2-1-5-16-8-9/h1-8,17H. The second-order valence-corrected chi connectivity index (χ2v) is 3.99. The minimum Gasteiger partial charge on any atom is -0.352 e. The highest BCUT2D eigenvalue weighted by atomic mass is 19.1. The Kier molecular flexibility index (Phi) is 2.41. The Bertz CT molecular complexity index is 719. The van der Waals surface area contributed by atoms with Crippen LogP contribution in [0.5, 0.6) is 0 Å². The van der Waals surface area contributed by atoms with Crippen molar-refractivity contribution >= 4 is 16.7 Å². The normalized spacial score (nSPS) is 10.7. The van der Waals surface area contributed by atoms with E-state index in [0.29, 0.717) is 16.6 Å². The SMILES string of the molecule is O=C(c1cccnc1)c1cc2cc(F)ccc2[nH]1. The van der Waals surface area contributed by atoms with Gasteiger partial charge in [-0.2, -0.15) is 0 Å². The molecule has 0 aliphatic carbocycles. The Hall–Kier alpha value is -2.49. The molecule has 0 saturated heterocycles. The molecule has 0 amide bonds. The minimum atomic E-state index is -0.318. The fourth-order valence-corrected chi connectivity index (χ4v) is 1.88. The summed E-state index contributed by atoms with van der Waals surface area (Å²) < 4.78 is 13.1. The number of rotatable bonds is 2. The van der Waals surface area contributed by atoms with E-state index < -0.39 is 0 Å². The van der Waals surface area contributed by atoms with Crippen molar-refractivity contribution in [1.29, 1.82) is 0 Å². The summed E-state index contributed by atoms with van der Waals surface area (Å²) in [6.07, 6.45) is 3.12. The van der Waals surface area contributed by atoms with Gasteiger partial charge in [0.2, 0.25) is 5.78 Å². The number of aromatic nitrogens is 2. The van der Waals surface area contributed by atoms with Crippen molar-refractivity contribution in [3.63, 3.8) is 0 Å². The second-order valence-electron chi connectivity index (χ2n) is 3.99. The molecule has 4 heteroatoms. The van der Waals surface area contributed by atoms with E-state index in [1.807, 2.05) is 0 Å². The summed E-state index contributed by atoms with van der Waals surface area (Å²) in [5.41, 5.74) is 1.68. The molecule has 0 fully saturated rings. The molecule has 88 valence electrons. The average Bonchev–Trinajstić information content (AvgIpc) is 2.81. The number of nitrogens with one attached hydrogen (secondary N) is 1. The summed E-state index contributed by atoms with van der Waals surface area (Å²) in [6.45, 7) is 0. The number of benzene rings is 1. The number of H-pyrrole nitrogens is 1. The number of pyridine rings is 1. The number of aromatic amines is 1. The van der Waals surface area contributed by atoms with E-state index in [1.54, 1.807) is 30.5 Å². The molecule has 0 atom stereocenters. The van der Waals surface area contributed by atoms with Gasteiger partial charge in [-0.1, -0.05) is 0 Å². The molecule has 0 bridgehead atoms. The number of hydrogen-bond donors (Lipinski definition) is 1. The molecular weight excluding hydrogens is 231 g/mol. The maximum Gasteiger partial charge on any atom is 0.210 e. The van der Waals surface area contributed by atoms with Gasteiger partial charge < -0.3 is 4.98 Å². The molecule has 0 aliphatic heterocycles. The van der Waals surface area contributed by atoms with Crippen LogP contribution in [0.25, 0.3) is 10.9 Å². The molecule has 1 N–H and O–H groups in total. The summed E-state index contributed by atoms with van der Waals surface area (Å²) in [5.74, 6) is -0.471. The number of halogens is 1. The number of fused-ring (bicyclic) bond motifs is 1. The summed E-state index contributed by atoms with van der Waals surface area (Å²) in [6, 6.07) is 9.42. The van der Waals surface area contributed by atoms with Gasteiger partial charge >= 0.3 is 0 Å². The zero-order valence-electron chi connectivity index (χ0n) is 9.35. The quantitative estimate of drug-likeness (QED) is 0.700. The molecule has 0 spiro atoms. The minimum absolute atomic E-state index is 0.153. The van der Waals surface area contributed by atoms with Crippen LogP contribution >= 0.6 is 0 Å². The van der Waals surface area contributed by atoms with Crippen LogP contribution < -0.4 is 0 Å². The molecule has 3 aromatic rings. The number of carbonyl (C=O) groups excluding carboxylic acids is 1. The smallest absolute Gasteiger partial charge is 0.210 e. The van der Waals surface area contributed by atoms with Crippen LogP contribution in [0.4, 0.5) is 4.39 Å². The Balaban J connectivity index is 2.07. The first-order chi connectivity index (χ1) is 8.74. The number of nitrogens with zero attached hydrogens (tertiary/aromatic N) is 1. The van der Waals surface area contributed by atoms with E-state index in [-0.39, 0.29) is 11.6 Å². The van der Waals surface area contributed by atoms with Crippen LogP contribution in [-0.2, 0) is 0 Å². The van der Waals surface area contributed by atoms with Crippen LogP contribution in [0.1, 0.15) is 16.1 Å². The third-order valence-electron chi connectivity index (χ3n) is 2.75. The van der Waals surface area contributed by atoms with Crippen LogP contribution in [-0.4, -0.2) is 15.8 Å². The lowest BCUT2D eigenvalue weighted by molar-refractivity contribution is 0.103. The number of hydrogen-bond acceptors (Lipinski definition) is 2. The van der Waals surface area contributed by atoms with E-state index in [4.69, 9.17) is 0 Å². The number of carbonyl (C=O) groups is 1. The molecule has 0 unspecified atom stereocenters. The van der Waals surface area contributed by atoms with Crippen molar-refractivity contribution in [2.45, 2.75) is 0 Å². The van der Waals surface area contributed by atoms with Crippen molar-refractivity contribution in [3.05, 3.63) is 65.9 Å². The van der Waals surface area contributed by atoms with Crippen molar-refractivity contribution in [2.75, 3.05) is 0 Å². The Labute approximate surface area is 102 Å². The van der Waals surface area contributed by atoms with E-state index >= 15 is 0 Å². The molecule has 18 heavy (non-hydrogen) atoms. The average molecular weight is 240 g/mol. The highest BCUT2D eigenvalue weighted by Crippen LogP contribution is 2.18. The largest absolute Gasteiger partial charge is 0.352 e. The fourth-order valence-electron chi connectivity index (χ4n) is 1.88. The lowest BCUT2D eigenvalue weighted by Gasteiger charge is -1.96. The zero-order chi connectivity index (χ0) is 12.5. The van der Waals surface area contributed by atoms with Gasteiger partial charge in [0.15, 0.2) is 0 Å². The van der Waals surface area contributed by atoms with Gasteiger partial charge in [0, 0.05) is 28.9 Å². The first-order valence-electron chi connectivity index (χ1n) is 5.47. The lowest BCUT2D eigenvalue weighted by Crippen LogP contribution is -2.01. The first-order valence-corrected chi connectivity index (χ1v) is 5.47. The van der Waals surface area contributed by atoms with Crippen molar-refractivity contribution in [2.24, 2.45) is 0 Å². The Morgan fingerprint density at radius 2 is 2.11 bits per heavy atom. The zero-order valence-corrected chi connectivity index (χ0v) is 9.35. The van der Waals surface area contributed by atoms with Crippen molar-refractivity contribution in [3.8, 4) is 0 Å². The Morgan fingerprint density at radius 3 is 2.89 bits per heavy atom. The monoisotopic (exact) mass is 240 g/mol.